The molecule has 0 heterocycles. The molecule has 0 aromatic heterocycles. The van der Waals surface area contributed by atoms with Gasteiger partial charge in [0.2, 0.25) is 0 Å². The van der Waals surface area contributed by atoms with Gasteiger partial charge < -0.3 is 34.4 Å². The lowest BCUT2D eigenvalue weighted by Crippen LogP contribution is -2.43. The molecule has 134 valence electrons. The van der Waals surface area contributed by atoms with Crippen molar-refractivity contribution in [2.45, 2.75) is 69.9 Å². The molecule has 0 radical (unpaired) electrons. The second-order valence-electron chi connectivity index (χ2n) is 6.66. The number of nitrogens with two attached hydrogens (primary N) is 6. The molecule has 22 heavy (non-hydrogen) atoms. The average molecular weight is 317 g/mol. The Hall–Kier alpha value is -0.240. The van der Waals surface area contributed by atoms with Crippen LogP contribution in [0.1, 0.15) is 57.8 Å². The molecule has 0 saturated heterocycles. The van der Waals surface area contributed by atoms with Crippen molar-refractivity contribution in [3.05, 3.63) is 0 Å². The third kappa shape index (κ3) is 9.02. The second-order valence-corrected chi connectivity index (χ2v) is 6.66. The highest BCUT2D eigenvalue weighted by Crippen LogP contribution is 2.33. The molecule has 2 rings (SSSR count). The van der Waals surface area contributed by atoms with Gasteiger partial charge in [0.1, 0.15) is 0 Å². The zero-order valence-corrected chi connectivity index (χ0v) is 14.3. The Labute approximate surface area is 136 Å². The summed E-state index contributed by atoms with van der Waals surface area (Å²) < 4.78 is 0. The minimum atomic E-state index is 0.281. The Morgan fingerprint density at radius 3 is 1.27 bits per heavy atom. The molecule has 2 aliphatic rings. The maximum absolute atomic E-state index is 5.67. The summed E-state index contributed by atoms with van der Waals surface area (Å²) >= 11 is 0. The van der Waals surface area contributed by atoms with Crippen LogP contribution in [0, 0.1) is 5.41 Å². The van der Waals surface area contributed by atoms with Gasteiger partial charge in [-0.3, -0.25) is 0 Å². The summed E-state index contributed by atoms with van der Waals surface area (Å²) in [7, 11) is 0. The van der Waals surface area contributed by atoms with Crippen molar-refractivity contribution in [1.82, 2.24) is 0 Å². The van der Waals surface area contributed by atoms with E-state index in [1.807, 2.05) is 0 Å². The minimum Gasteiger partial charge on any atom is -0.330 e. The van der Waals surface area contributed by atoms with E-state index in [1.165, 1.54) is 44.9 Å². The van der Waals surface area contributed by atoms with E-state index in [-0.39, 0.29) is 12.1 Å². The van der Waals surface area contributed by atoms with Crippen molar-refractivity contribution in [1.29, 1.82) is 0 Å². The Bertz CT molecular complexity index is 225. The lowest BCUT2D eigenvalue weighted by Gasteiger charge is -2.34. The van der Waals surface area contributed by atoms with E-state index >= 15 is 0 Å². The number of hydrogen-bond donors (Lipinski definition) is 6. The summed E-state index contributed by atoms with van der Waals surface area (Å²) in [5, 5.41) is 0. The first kappa shape index (κ1) is 21.8. The Balaban J connectivity index is 0.000000330. The lowest BCUT2D eigenvalue weighted by atomic mass is 9.74. The van der Waals surface area contributed by atoms with Crippen LogP contribution in [0.3, 0.4) is 0 Å². The standard InChI is InChI=1S/C8H18N2.C6H14N2.C2H8N2/c9-6-8(7-10)4-2-1-3-5-8;7-5-3-1-2-4-6(5)8;3-1-2-4/h1-7,9-10H2;5-6H,1-4,7-8H2;1-4H2/t;5-,6-;/m.1./s1. The zero-order valence-electron chi connectivity index (χ0n) is 14.3. The molecule has 2 saturated carbocycles. The molecule has 6 heteroatoms. The quantitative estimate of drug-likeness (QED) is 0.429. The Morgan fingerprint density at radius 2 is 1.05 bits per heavy atom. The highest BCUT2D eigenvalue weighted by atomic mass is 14.8. The summed E-state index contributed by atoms with van der Waals surface area (Å²) in [6.45, 7) is 2.76. The maximum Gasteiger partial charge on any atom is 0.0192 e. The fraction of sp³-hybridized carbons (Fsp3) is 1.00. The van der Waals surface area contributed by atoms with Crippen LogP contribution < -0.4 is 34.4 Å². The van der Waals surface area contributed by atoms with Gasteiger partial charge in [-0.25, -0.2) is 0 Å². The molecular formula is C16H40N6. The topological polar surface area (TPSA) is 156 Å². The van der Waals surface area contributed by atoms with Crippen LogP contribution >= 0.6 is 0 Å². The molecule has 2 atom stereocenters. The lowest BCUT2D eigenvalue weighted by molar-refractivity contribution is 0.208. The molecule has 0 unspecified atom stereocenters. The van der Waals surface area contributed by atoms with Crippen molar-refractivity contribution in [2.24, 2.45) is 39.8 Å². The van der Waals surface area contributed by atoms with Crippen molar-refractivity contribution < 1.29 is 0 Å². The second kappa shape index (κ2) is 13.2. The van der Waals surface area contributed by atoms with E-state index in [0.717, 1.165) is 25.9 Å². The van der Waals surface area contributed by atoms with Crippen LogP contribution in [-0.2, 0) is 0 Å². The van der Waals surface area contributed by atoms with Gasteiger partial charge in [-0.1, -0.05) is 32.1 Å². The molecule has 2 fully saturated rings. The number of rotatable bonds is 3. The molecule has 6 nitrogen and oxygen atoms in total. The zero-order chi connectivity index (χ0) is 16.8. The molecular weight excluding hydrogens is 276 g/mol. The molecule has 0 bridgehead atoms. The van der Waals surface area contributed by atoms with Crippen LogP contribution in [0.15, 0.2) is 0 Å². The van der Waals surface area contributed by atoms with E-state index in [1.54, 1.807) is 0 Å². The van der Waals surface area contributed by atoms with E-state index in [4.69, 9.17) is 34.4 Å². The van der Waals surface area contributed by atoms with Crippen molar-refractivity contribution in [3.8, 4) is 0 Å². The molecule has 0 aromatic carbocycles. The monoisotopic (exact) mass is 316 g/mol. The highest BCUT2D eigenvalue weighted by molar-refractivity contribution is 4.84. The van der Waals surface area contributed by atoms with E-state index in [2.05, 4.69) is 0 Å². The summed E-state index contributed by atoms with van der Waals surface area (Å²) in [6, 6.07) is 0.562. The van der Waals surface area contributed by atoms with Crippen LogP contribution in [0.5, 0.6) is 0 Å². The van der Waals surface area contributed by atoms with Gasteiger partial charge in [-0.05, 0) is 44.2 Å². The Morgan fingerprint density at radius 1 is 0.636 bits per heavy atom. The van der Waals surface area contributed by atoms with Crippen molar-refractivity contribution in [2.75, 3.05) is 26.2 Å². The van der Waals surface area contributed by atoms with E-state index < -0.39 is 0 Å². The van der Waals surface area contributed by atoms with Gasteiger partial charge in [0.05, 0.1) is 0 Å². The molecule has 12 N–H and O–H groups in total. The van der Waals surface area contributed by atoms with Crippen molar-refractivity contribution in [3.63, 3.8) is 0 Å². The van der Waals surface area contributed by atoms with E-state index in [0.29, 0.717) is 18.5 Å². The molecule has 0 aromatic rings. The first-order valence-corrected chi connectivity index (χ1v) is 8.86. The average Bonchev–Trinajstić information content (AvgIpc) is 2.59. The van der Waals surface area contributed by atoms with Gasteiger partial charge in [0.15, 0.2) is 0 Å². The fourth-order valence-electron chi connectivity index (χ4n) is 2.98. The first-order valence-electron chi connectivity index (χ1n) is 8.86. The smallest absolute Gasteiger partial charge is 0.0192 e. The van der Waals surface area contributed by atoms with Crippen molar-refractivity contribution >= 4 is 0 Å². The van der Waals surface area contributed by atoms with Crippen LogP contribution in [0.25, 0.3) is 0 Å². The minimum absolute atomic E-state index is 0.281. The van der Waals surface area contributed by atoms with Gasteiger partial charge >= 0.3 is 0 Å². The fourth-order valence-corrected chi connectivity index (χ4v) is 2.98. The van der Waals surface area contributed by atoms with Gasteiger partial charge in [0.25, 0.3) is 0 Å². The van der Waals surface area contributed by atoms with Crippen LogP contribution in [0.4, 0.5) is 0 Å². The predicted octanol–water partition coefficient (Wildman–Crippen LogP) is -0.0269. The Kier molecular flexibility index (Phi) is 13.1. The number of hydrogen-bond acceptors (Lipinski definition) is 6. The highest BCUT2D eigenvalue weighted by Gasteiger charge is 2.28. The molecule has 0 spiro atoms. The normalized spacial score (nSPS) is 27.0. The summed E-state index contributed by atoms with van der Waals surface area (Å²) in [4.78, 5) is 0. The molecule has 0 amide bonds. The SMILES string of the molecule is NCC1(CN)CCCCC1.NCCN.N[C@@H]1CCCC[C@H]1N. The third-order valence-corrected chi connectivity index (χ3v) is 4.82. The van der Waals surface area contributed by atoms with Crippen LogP contribution in [0.2, 0.25) is 0 Å². The molecule has 2 aliphatic carbocycles. The first-order chi connectivity index (χ1) is 10.5. The van der Waals surface area contributed by atoms with Gasteiger partial charge in [-0.15, -0.1) is 0 Å². The summed E-state index contributed by atoms with van der Waals surface area (Å²) in [5.74, 6) is 0. The predicted molar refractivity (Wildman–Crippen MR) is 96.2 cm³/mol. The summed E-state index contributed by atoms with van der Waals surface area (Å²) in [6.07, 6.45) is 11.3. The van der Waals surface area contributed by atoms with Gasteiger partial charge in [0, 0.05) is 25.2 Å². The molecule has 0 aliphatic heterocycles. The summed E-state index contributed by atoms with van der Waals surface area (Å²) in [5.41, 5.74) is 32.8. The van der Waals surface area contributed by atoms with Crippen LogP contribution in [-0.4, -0.2) is 38.3 Å². The maximum atomic E-state index is 5.67. The third-order valence-electron chi connectivity index (χ3n) is 4.82. The van der Waals surface area contributed by atoms with E-state index in [9.17, 15) is 0 Å². The van der Waals surface area contributed by atoms with Gasteiger partial charge in [-0.2, -0.15) is 0 Å². The largest absolute Gasteiger partial charge is 0.330 e.